The maximum Gasteiger partial charge on any atom is 0.0516 e. The van der Waals surface area contributed by atoms with E-state index in [1.807, 2.05) is 11.4 Å². The molecule has 16 heavy (non-hydrogen) atoms. The zero-order valence-corrected chi connectivity index (χ0v) is 11.3. The minimum Gasteiger partial charge on any atom is -0.312 e. The molecule has 1 fully saturated rings. The van der Waals surface area contributed by atoms with Gasteiger partial charge in [-0.05, 0) is 38.0 Å². The molecule has 0 amide bonds. The summed E-state index contributed by atoms with van der Waals surface area (Å²) in [5.74, 6) is 0.829. The first kappa shape index (κ1) is 12.4. The number of hydrogen-bond donors (Lipinski definition) is 1. The Morgan fingerprint density at radius 1 is 1.62 bits per heavy atom. The van der Waals surface area contributed by atoms with Crippen LogP contribution in [0.5, 0.6) is 0 Å². The molecule has 0 bridgehead atoms. The lowest BCUT2D eigenvalue weighted by molar-refractivity contribution is 0.339. The molecule has 0 aliphatic carbocycles. The number of likely N-dealkylation sites (tertiary alicyclic amines) is 1. The fourth-order valence-corrected chi connectivity index (χ4v) is 3.26. The summed E-state index contributed by atoms with van der Waals surface area (Å²) in [5.41, 5.74) is 0. The second kappa shape index (κ2) is 6.01. The Bertz CT molecular complexity index is 327. The van der Waals surface area contributed by atoms with Crippen LogP contribution in [0.4, 0.5) is 0 Å². The van der Waals surface area contributed by atoms with Crippen LogP contribution in [0.3, 0.4) is 0 Å². The summed E-state index contributed by atoms with van der Waals surface area (Å²) >= 11 is 7.61. The lowest BCUT2D eigenvalue weighted by atomic mass is 10.1. The van der Waals surface area contributed by atoms with Crippen LogP contribution < -0.4 is 5.32 Å². The van der Waals surface area contributed by atoms with Gasteiger partial charge in [-0.3, -0.25) is 0 Å². The van der Waals surface area contributed by atoms with Gasteiger partial charge in [-0.2, -0.15) is 0 Å². The number of halogens is 1. The van der Waals surface area contributed by atoms with Crippen LogP contribution in [0, 0.1) is 5.92 Å². The minimum absolute atomic E-state index is 0.829. The largest absolute Gasteiger partial charge is 0.312 e. The van der Waals surface area contributed by atoms with Gasteiger partial charge in [0.2, 0.25) is 0 Å². The molecule has 1 N–H and O–H groups in total. The maximum atomic E-state index is 5.88. The molecule has 90 valence electrons. The van der Waals surface area contributed by atoms with Crippen molar-refractivity contribution >= 4 is 22.9 Å². The number of nitrogens with one attached hydrogen (secondary N) is 1. The van der Waals surface area contributed by atoms with Gasteiger partial charge >= 0.3 is 0 Å². The molecule has 1 aromatic rings. The second-order valence-corrected chi connectivity index (χ2v) is 5.84. The zero-order valence-electron chi connectivity index (χ0n) is 9.71. The first-order chi connectivity index (χ1) is 7.78. The summed E-state index contributed by atoms with van der Waals surface area (Å²) in [5, 5.41) is 6.38. The van der Waals surface area contributed by atoms with Crippen molar-refractivity contribution in [1.29, 1.82) is 0 Å². The van der Waals surface area contributed by atoms with E-state index in [1.54, 1.807) is 11.3 Å². The van der Waals surface area contributed by atoms with Gasteiger partial charge in [0.15, 0.2) is 0 Å². The van der Waals surface area contributed by atoms with Crippen LogP contribution in [-0.4, -0.2) is 31.1 Å². The third kappa shape index (κ3) is 3.45. The van der Waals surface area contributed by atoms with Crippen LogP contribution >= 0.6 is 22.9 Å². The molecule has 1 unspecified atom stereocenters. The van der Waals surface area contributed by atoms with Gasteiger partial charge in [-0.15, -0.1) is 11.3 Å². The van der Waals surface area contributed by atoms with Gasteiger partial charge in [0.25, 0.3) is 0 Å². The third-order valence-corrected chi connectivity index (χ3v) is 4.46. The van der Waals surface area contributed by atoms with E-state index in [0.717, 1.165) is 24.0 Å². The molecular weight excluding hydrogens is 240 g/mol. The van der Waals surface area contributed by atoms with Gasteiger partial charge in [-0.25, -0.2) is 0 Å². The van der Waals surface area contributed by atoms with Gasteiger partial charge in [0.1, 0.15) is 0 Å². The Balaban J connectivity index is 1.65. The molecule has 2 heterocycles. The molecule has 1 aromatic heterocycles. The molecule has 0 saturated carbocycles. The average Bonchev–Trinajstić information content (AvgIpc) is 2.88. The van der Waals surface area contributed by atoms with Gasteiger partial charge in [0.05, 0.1) is 5.02 Å². The molecule has 1 saturated heterocycles. The first-order valence-corrected chi connectivity index (χ1v) is 7.19. The molecule has 1 aliphatic heterocycles. The monoisotopic (exact) mass is 258 g/mol. The maximum absolute atomic E-state index is 5.88. The quantitative estimate of drug-likeness (QED) is 0.874. The predicted octanol–water partition coefficient (Wildman–Crippen LogP) is 2.83. The third-order valence-electron chi connectivity index (χ3n) is 3.17. The van der Waals surface area contributed by atoms with E-state index in [-0.39, 0.29) is 0 Å². The highest BCUT2D eigenvalue weighted by Gasteiger charge is 2.20. The molecule has 4 heteroatoms. The van der Waals surface area contributed by atoms with Crippen molar-refractivity contribution in [2.75, 3.05) is 26.2 Å². The van der Waals surface area contributed by atoms with Crippen LogP contribution in [0.2, 0.25) is 5.02 Å². The van der Waals surface area contributed by atoms with Crippen LogP contribution in [0.25, 0.3) is 0 Å². The minimum atomic E-state index is 0.829. The lowest BCUT2D eigenvalue weighted by Crippen LogP contribution is -2.25. The van der Waals surface area contributed by atoms with Gasteiger partial charge in [-0.1, -0.05) is 18.5 Å². The summed E-state index contributed by atoms with van der Waals surface area (Å²) in [4.78, 5) is 3.85. The van der Waals surface area contributed by atoms with Crippen LogP contribution in [0.1, 0.15) is 18.2 Å². The van der Waals surface area contributed by atoms with E-state index in [4.69, 9.17) is 11.6 Å². The number of hydrogen-bond acceptors (Lipinski definition) is 3. The fraction of sp³-hybridized carbons (Fsp3) is 0.667. The fourth-order valence-electron chi connectivity index (χ4n) is 2.21. The SMILES string of the molecule is CCN1CCC(CNCc2cc(Cl)cs2)C1. The van der Waals surface area contributed by atoms with Crippen LogP contribution in [-0.2, 0) is 6.54 Å². The summed E-state index contributed by atoms with van der Waals surface area (Å²) in [6, 6.07) is 2.05. The van der Waals surface area contributed by atoms with Gasteiger partial charge < -0.3 is 10.2 Å². The Morgan fingerprint density at radius 2 is 2.50 bits per heavy atom. The number of rotatable bonds is 5. The van der Waals surface area contributed by atoms with E-state index in [2.05, 4.69) is 17.1 Å². The summed E-state index contributed by atoms with van der Waals surface area (Å²) < 4.78 is 0. The normalized spacial score (nSPS) is 21.8. The highest BCUT2D eigenvalue weighted by atomic mass is 35.5. The lowest BCUT2D eigenvalue weighted by Gasteiger charge is -2.13. The highest BCUT2D eigenvalue weighted by molar-refractivity contribution is 7.10. The zero-order chi connectivity index (χ0) is 11.4. The van der Waals surface area contributed by atoms with Gasteiger partial charge in [0, 0.05) is 23.3 Å². The molecule has 2 nitrogen and oxygen atoms in total. The van der Waals surface area contributed by atoms with Crippen molar-refractivity contribution < 1.29 is 0 Å². The highest BCUT2D eigenvalue weighted by Crippen LogP contribution is 2.19. The number of nitrogens with zero attached hydrogens (tertiary/aromatic N) is 1. The summed E-state index contributed by atoms with van der Waals surface area (Å²) in [6.45, 7) is 8.05. The standard InChI is InChI=1S/C12H19ClN2S/c1-2-15-4-3-10(8-15)6-14-7-12-5-11(13)9-16-12/h5,9-10,14H,2-4,6-8H2,1H3. The second-order valence-electron chi connectivity index (χ2n) is 4.41. The molecule has 0 aromatic carbocycles. The smallest absolute Gasteiger partial charge is 0.0516 e. The van der Waals surface area contributed by atoms with Crippen molar-refractivity contribution in [2.45, 2.75) is 19.9 Å². The van der Waals surface area contributed by atoms with E-state index in [0.29, 0.717) is 0 Å². The summed E-state index contributed by atoms with van der Waals surface area (Å²) in [7, 11) is 0. The van der Waals surface area contributed by atoms with Crippen LogP contribution in [0.15, 0.2) is 11.4 Å². The molecule has 1 atom stereocenters. The van der Waals surface area contributed by atoms with E-state index < -0.39 is 0 Å². The topological polar surface area (TPSA) is 15.3 Å². The molecule has 2 rings (SSSR count). The molecule has 0 spiro atoms. The first-order valence-electron chi connectivity index (χ1n) is 5.94. The van der Waals surface area contributed by atoms with Crippen molar-refractivity contribution in [1.82, 2.24) is 10.2 Å². The van der Waals surface area contributed by atoms with Crippen molar-refractivity contribution in [3.8, 4) is 0 Å². The number of thiophene rings is 1. The van der Waals surface area contributed by atoms with Crippen molar-refractivity contribution in [3.63, 3.8) is 0 Å². The average molecular weight is 259 g/mol. The Hall–Kier alpha value is -0.0900. The molecular formula is C12H19ClN2S. The predicted molar refractivity (Wildman–Crippen MR) is 71.3 cm³/mol. The molecule has 0 radical (unpaired) electrons. The van der Waals surface area contributed by atoms with Crippen molar-refractivity contribution in [2.24, 2.45) is 5.92 Å². The Labute approximate surface area is 107 Å². The molecule has 1 aliphatic rings. The van der Waals surface area contributed by atoms with E-state index >= 15 is 0 Å². The van der Waals surface area contributed by atoms with E-state index in [9.17, 15) is 0 Å². The Morgan fingerprint density at radius 3 is 3.12 bits per heavy atom. The van der Waals surface area contributed by atoms with Crippen molar-refractivity contribution in [3.05, 3.63) is 21.3 Å². The van der Waals surface area contributed by atoms with E-state index in [1.165, 1.54) is 30.9 Å². The Kier molecular flexibility index (Phi) is 4.65. The summed E-state index contributed by atoms with van der Waals surface area (Å²) in [6.07, 6.45) is 1.34.